The zero-order chi connectivity index (χ0) is 20.5. The molecule has 6 nitrogen and oxygen atoms in total. The van der Waals surface area contributed by atoms with E-state index >= 15 is 0 Å². The first-order chi connectivity index (χ1) is 14.0. The number of quaternary nitrogens is 1. The van der Waals surface area contributed by atoms with Crippen LogP contribution in [0.3, 0.4) is 0 Å². The smallest absolute Gasteiger partial charge is 0.264 e. The lowest BCUT2D eigenvalue weighted by Crippen LogP contribution is -3.14. The molecule has 2 aliphatic rings. The van der Waals surface area contributed by atoms with Crippen LogP contribution in [0.2, 0.25) is 0 Å². The third kappa shape index (κ3) is 4.12. The van der Waals surface area contributed by atoms with Crippen molar-refractivity contribution in [1.82, 2.24) is 14.9 Å². The molecule has 0 saturated carbocycles. The Hall–Kier alpha value is -1.73. The zero-order valence-electron chi connectivity index (χ0n) is 18.3. The van der Waals surface area contributed by atoms with Crippen LogP contribution in [0, 0.1) is 19.8 Å². The van der Waals surface area contributed by atoms with Gasteiger partial charge in [0.1, 0.15) is 16.5 Å². The second-order valence-corrected chi connectivity index (χ2v) is 9.79. The molecule has 4 rings (SSSR count). The molecule has 2 saturated heterocycles. The Morgan fingerprint density at radius 3 is 2.48 bits per heavy atom. The fourth-order valence-electron chi connectivity index (χ4n) is 4.65. The van der Waals surface area contributed by atoms with Crippen LogP contribution < -0.4 is 9.80 Å². The lowest BCUT2D eigenvalue weighted by molar-refractivity contribution is -0.904. The highest BCUT2D eigenvalue weighted by atomic mass is 32.1. The van der Waals surface area contributed by atoms with Gasteiger partial charge in [0, 0.05) is 13.1 Å². The number of piperazine rings is 1. The SMILES string of the molecule is CCC[NH+]1CCN(C(=O)c2sc3nc(C)nc(N4CCC(C)CC4)c3c2C)CC1. The van der Waals surface area contributed by atoms with Crippen molar-refractivity contribution < 1.29 is 9.69 Å². The number of carbonyl (C=O) groups excluding carboxylic acids is 1. The summed E-state index contributed by atoms with van der Waals surface area (Å²) >= 11 is 1.55. The number of carbonyl (C=O) groups is 1. The number of amides is 1. The average molecular weight is 417 g/mol. The van der Waals surface area contributed by atoms with Gasteiger partial charge in [-0.2, -0.15) is 0 Å². The van der Waals surface area contributed by atoms with Crippen LogP contribution in [0.4, 0.5) is 5.82 Å². The van der Waals surface area contributed by atoms with Crippen LogP contribution in [0.1, 0.15) is 54.2 Å². The van der Waals surface area contributed by atoms with Crippen molar-refractivity contribution >= 4 is 33.3 Å². The van der Waals surface area contributed by atoms with E-state index in [1.165, 1.54) is 25.8 Å². The van der Waals surface area contributed by atoms with E-state index in [0.717, 1.165) is 77.5 Å². The van der Waals surface area contributed by atoms with Gasteiger partial charge in [0.2, 0.25) is 0 Å². The molecule has 0 bridgehead atoms. The Morgan fingerprint density at radius 1 is 1.14 bits per heavy atom. The molecule has 2 aromatic heterocycles. The van der Waals surface area contributed by atoms with E-state index in [1.807, 2.05) is 11.8 Å². The van der Waals surface area contributed by atoms with Gasteiger partial charge in [0.05, 0.1) is 43.0 Å². The van der Waals surface area contributed by atoms with Crippen molar-refractivity contribution in [2.24, 2.45) is 5.92 Å². The number of nitrogens with zero attached hydrogens (tertiary/aromatic N) is 4. The van der Waals surface area contributed by atoms with Gasteiger partial charge in [-0.15, -0.1) is 11.3 Å². The van der Waals surface area contributed by atoms with Gasteiger partial charge in [-0.1, -0.05) is 13.8 Å². The molecule has 0 atom stereocenters. The number of aromatic nitrogens is 2. The maximum absolute atomic E-state index is 13.3. The average Bonchev–Trinajstić information content (AvgIpc) is 3.04. The first kappa shape index (κ1) is 20.5. The Labute approximate surface area is 177 Å². The number of hydrogen-bond donors (Lipinski definition) is 1. The monoisotopic (exact) mass is 416 g/mol. The Kier molecular flexibility index (Phi) is 6.06. The summed E-state index contributed by atoms with van der Waals surface area (Å²) in [6.07, 6.45) is 3.60. The fourth-order valence-corrected chi connectivity index (χ4v) is 5.84. The van der Waals surface area contributed by atoms with Crippen LogP contribution in [0.5, 0.6) is 0 Å². The van der Waals surface area contributed by atoms with Gasteiger partial charge in [0.25, 0.3) is 5.91 Å². The molecule has 0 unspecified atom stereocenters. The first-order valence-electron chi connectivity index (χ1n) is 11.1. The predicted octanol–water partition coefficient (Wildman–Crippen LogP) is 2.30. The lowest BCUT2D eigenvalue weighted by Gasteiger charge is -2.32. The fraction of sp³-hybridized carbons (Fsp3) is 0.682. The van der Waals surface area contributed by atoms with E-state index in [9.17, 15) is 4.79 Å². The molecule has 0 aliphatic carbocycles. The van der Waals surface area contributed by atoms with Crippen LogP contribution in [-0.2, 0) is 0 Å². The summed E-state index contributed by atoms with van der Waals surface area (Å²) in [5.41, 5.74) is 1.06. The van der Waals surface area contributed by atoms with Gasteiger partial charge in [-0.25, -0.2) is 9.97 Å². The molecular formula is C22H34N5OS+. The maximum atomic E-state index is 13.3. The topological polar surface area (TPSA) is 53.8 Å². The quantitative estimate of drug-likeness (QED) is 0.831. The number of piperidine rings is 1. The molecule has 2 aliphatic heterocycles. The number of thiophene rings is 1. The second kappa shape index (κ2) is 8.56. The normalized spacial score (nSPS) is 19.3. The molecule has 4 heterocycles. The van der Waals surface area contributed by atoms with Crippen molar-refractivity contribution in [3.63, 3.8) is 0 Å². The second-order valence-electron chi connectivity index (χ2n) is 8.79. The van der Waals surface area contributed by atoms with Crippen LogP contribution in [0.15, 0.2) is 0 Å². The molecule has 0 spiro atoms. The third-order valence-corrected chi connectivity index (χ3v) is 7.70. The van der Waals surface area contributed by atoms with E-state index in [2.05, 4.69) is 25.7 Å². The number of fused-ring (bicyclic) bond motifs is 1. The van der Waals surface area contributed by atoms with Crippen molar-refractivity contribution in [1.29, 1.82) is 0 Å². The van der Waals surface area contributed by atoms with Crippen molar-refractivity contribution in [3.05, 3.63) is 16.3 Å². The molecule has 2 fully saturated rings. The first-order valence-corrected chi connectivity index (χ1v) is 11.9. The minimum atomic E-state index is 0.178. The summed E-state index contributed by atoms with van der Waals surface area (Å²) in [6.45, 7) is 15.7. The van der Waals surface area contributed by atoms with E-state index in [0.29, 0.717) is 0 Å². The number of nitrogens with one attached hydrogen (secondary N) is 1. The molecule has 29 heavy (non-hydrogen) atoms. The molecule has 2 aromatic rings. The minimum absolute atomic E-state index is 0.178. The maximum Gasteiger partial charge on any atom is 0.264 e. The van der Waals surface area contributed by atoms with Gasteiger partial charge in [0.15, 0.2) is 0 Å². The summed E-state index contributed by atoms with van der Waals surface area (Å²) in [6, 6.07) is 0. The molecular weight excluding hydrogens is 382 g/mol. The van der Waals surface area contributed by atoms with Gasteiger partial charge in [-0.3, -0.25) is 4.79 Å². The van der Waals surface area contributed by atoms with Crippen LogP contribution >= 0.6 is 11.3 Å². The minimum Gasteiger partial charge on any atom is -0.356 e. The number of rotatable bonds is 4. The molecule has 0 aromatic carbocycles. The van der Waals surface area contributed by atoms with Crippen molar-refractivity contribution in [3.8, 4) is 0 Å². The van der Waals surface area contributed by atoms with E-state index in [1.54, 1.807) is 16.2 Å². The highest BCUT2D eigenvalue weighted by Gasteiger charge is 2.29. The predicted molar refractivity (Wildman–Crippen MR) is 119 cm³/mol. The Balaban J connectivity index is 1.62. The van der Waals surface area contributed by atoms with Gasteiger partial charge >= 0.3 is 0 Å². The third-order valence-electron chi connectivity index (χ3n) is 6.52. The zero-order valence-corrected chi connectivity index (χ0v) is 19.1. The number of hydrogen-bond acceptors (Lipinski definition) is 5. The molecule has 1 N–H and O–H groups in total. The van der Waals surface area contributed by atoms with E-state index in [-0.39, 0.29) is 5.91 Å². The van der Waals surface area contributed by atoms with Crippen molar-refractivity contribution in [2.45, 2.75) is 47.0 Å². The van der Waals surface area contributed by atoms with Crippen molar-refractivity contribution in [2.75, 3.05) is 50.7 Å². The molecule has 0 radical (unpaired) electrons. The Morgan fingerprint density at radius 2 is 1.83 bits per heavy atom. The molecule has 7 heteroatoms. The summed E-state index contributed by atoms with van der Waals surface area (Å²) in [5, 5.41) is 1.09. The highest BCUT2D eigenvalue weighted by molar-refractivity contribution is 7.20. The van der Waals surface area contributed by atoms with E-state index < -0.39 is 0 Å². The summed E-state index contributed by atoms with van der Waals surface area (Å²) in [4.78, 5) is 30.7. The standard InChI is InChI=1S/C22H33N5OS/c1-5-8-25-11-13-27(14-12-25)22(28)19-16(3)18-20(23-17(4)24-21(18)29-19)26-9-6-15(2)7-10-26/h15H,5-14H2,1-4H3/p+1. The number of aryl methyl sites for hydroxylation is 2. The lowest BCUT2D eigenvalue weighted by atomic mass is 9.99. The van der Waals surface area contributed by atoms with Gasteiger partial charge in [-0.05, 0) is 44.6 Å². The van der Waals surface area contributed by atoms with Crippen LogP contribution in [0.25, 0.3) is 10.2 Å². The molecule has 158 valence electrons. The highest BCUT2D eigenvalue weighted by Crippen LogP contribution is 2.37. The molecule has 1 amide bonds. The largest absolute Gasteiger partial charge is 0.356 e. The van der Waals surface area contributed by atoms with Gasteiger partial charge < -0.3 is 14.7 Å². The summed E-state index contributed by atoms with van der Waals surface area (Å²) in [7, 11) is 0. The summed E-state index contributed by atoms with van der Waals surface area (Å²) < 4.78 is 0. The number of anilines is 1. The van der Waals surface area contributed by atoms with E-state index in [4.69, 9.17) is 9.97 Å². The summed E-state index contributed by atoms with van der Waals surface area (Å²) in [5.74, 6) is 2.78. The Bertz CT molecular complexity index is 879. The van der Waals surface area contributed by atoms with Crippen LogP contribution in [-0.4, -0.2) is 66.6 Å².